The first-order valence-electron chi connectivity index (χ1n) is 5.86. The van der Waals surface area contributed by atoms with Crippen LogP contribution in [0.5, 0.6) is 11.6 Å². The molecule has 0 atom stereocenters. The van der Waals surface area contributed by atoms with Gasteiger partial charge in [0.25, 0.3) is 0 Å². The van der Waals surface area contributed by atoms with Gasteiger partial charge in [0.05, 0.1) is 10.9 Å². The number of para-hydroxylation sites is 1. The van der Waals surface area contributed by atoms with E-state index in [4.69, 9.17) is 10.00 Å². The molecule has 0 fully saturated rings. The van der Waals surface area contributed by atoms with Crippen LogP contribution in [0.1, 0.15) is 5.56 Å². The number of hydrogen-bond donors (Lipinski definition) is 0. The van der Waals surface area contributed by atoms with Crippen LogP contribution >= 0.6 is 0 Å². The van der Waals surface area contributed by atoms with Crippen LogP contribution in [0.15, 0.2) is 48.8 Å². The second-order valence-electron chi connectivity index (χ2n) is 4.02. The van der Waals surface area contributed by atoms with Crippen LogP contribution < -0.4 is 4.74 Å². The predicted molar refractivity (Wildman–Crippen MR) is 70.7 cm³/mol. The molecule has 4 nitrogen and oxygen atoms in total. The molecule has 0 N–H and O–H groups in total. The van der Waals surface area contributed by atoms with Gasteiger partial charge in [-0.15, -0.1) is 0 Å². The first kappa shape index (κ1) is 12.1. The summed E-state index contributed by atoms with van der Waals surface area (Å²) in [5, 5.41) is 9.69. The van der Waals surface area contributed by atoms with Crippen molar-refractivity contribution in [3.8, 4) is 17.7 Å². The summed E-state index contributed by atoms with van der Waals surface area (Å²) in [4.78, 5) is 8.16. The number of ether oxygens (including phenoxy) is 1. The minimum atomic E-state index is -0.622. The maximum absolute atomic E-state index is 13.5. The molecule has 96 valence electrons. The van der Waals surface area contributed by atoms with Crippen molar-refractivity contribution in [1.82, 2.24) is 9.97 Å². The highest BCUT2D eigenvalue weighted by Gasteiger charge is 2.12. The lowest BCUT2D eigenvalue weighted by molar-refractivity contribution is 0.461. The summed E-state index contributed by atoms with van der Waals surface area (Å²) in [6.45, 7) is 0. The third-order valence-electron chi connectivity index (χ3n) is 2.80. The zero-order chi connectivity index (χ0) is 13.9. The molecule has 0 saturated heterocycles. The van der Waals surface area contributed by atoms with Crippen LogP contribution in [0.3, 0.4) is 0 Å². The van der Waals surface area contributed by atoms with Crippen LogP contribution in [0.25, 0.3) is 10.9 Å². The van der Waals surface area contributed by atoms with E-state index >= 15 is 0 Å². The molecule has 0 aliphatic rings. The number of aromatic nitrogens is 2. The fourth-order valence-electron chi connectivity index (χ4n) is 1.86. The molecule has 2 aromatic carbocycles. The van der Waals surface area contributed by atoms with Crippen molar-refractivity contribution in [3.05, 3.63) is 60.2 Å². The van der Waals surface area contributed by atoms with Gasteiger partial charge in [-0.2, -0.15) is 5.26 Å². The monoisotopic (exact) mass is 265 g/mol. The molecule has 20 heavy (non-hydrogen) atoms. The van der Waals surface area contributed by atoms with Crippen molar-refractivity contribution in [2.45, 2.75) is 0 Å². The van der Waals surface area contributed by atoms with E-state index in [-0.39, 0.29) is 17.2 Å². The number of nitriles is 1. The van der Waals surface area contributed by atoms with Crippen molar-refractivity contribution in [3.63, 3.8) is 0 Å². The van der Waals surface area contributed by atoms with Gasteiger partial charge in [-0.25, -0.2) is 14.4 Å². The lowest BCUT2D eigenvalue weighted by Crippen LogP contribution is -1.95. The fraction of sp³-hybridized carbons (Fsp3) is 0. The van der Waals surface area contributed by atoms with Crippen LogP contribution in [-0.2, 0) is 0 Å². The van der Waals surface area contributed by atoms with Crippen LogP contribution in [-0.4, -0.2) is 9.97 Å². The minimum absolute atomic E-state index is 0.136. The second kappa shape index (κ2) is 4.94. The summed E-state index contributed by atoms with van der Waals surface area (Å²) >= 11 is 0. The molecule has 0 aliphatic carbocycles. The van der Waals surface area contributed by atoms with E-state index in [1.54, 1.807) is 12.1 Å². The maximum Gasteiger partial charge on any atom is 0.230 e. The Kier molecular flexibility index (Phi) is 2.98. The van der Waals surface area contributed by atoms with E-state index in [0.717, 1.165) is 0 Å². The molecule has 0 unspecified atom stereocenters. The Morgan fingerprint density at radius 2 is 1.90 bits per heavy atom. The molecule has 0 radical (unpaired) electrons. The molecule has 0 aliphatic heterocycles. The molecule has 5 heteroatoms. The summed E-state index contributed by atoms with van der Waals surface area (Å²) in [7, 11) is 0. The van der Waals surface area contributed by atoms with E-state index in [1.807, 2.05) is 18.2 Å². The first-order valence-corrected chi connectivity index (χ1v) is 5.86. The number of nitrogens with zero attached hydrogens (tertiary/aromatic N) is 3. The van der Waals surface area contributed by atoms with Crippen molar-refractivity contribution >= 4 is 10.9 Å². The summed E-state index contributed by atoms with van der Waals surface area (Å²) < 4.78 is 19.1. The molecule has 0 amide bonds. The van der Waals surface area contributed by atoms with Crippen LogP contribution in [0.4, 0.5) is 4.39 Å². The Morgan fingerprint density at radius 3 is 2.75 bits per heavy atom. The molecular weight excluding hydrogens is 257 g/mol. The van der Waals surface area contributed by atoms with E-state index in [0.29, 0.717) is 10.9 Å². The molecule has 0 saturated carbocycles. The van der Waals surface area contributed by atoms with Crippen molar-refractivity contribution in [1.29, 1.82) is 5.26 Å². The maximum atomic E-state index is 13.5. The summed E-state index contributed by atoms with van der Waals surface area (Å²) in [6.07, 6.45) is 1.36. The third kappa shape index (κ3) is 2.04. The highest BCUT2D eigenvalue weighted by Crippen LogP contribution is 2.29. The van der Waals surface area contributed by atoms with Gasteiger partial charge in [0, 0.05) is 0 Å². The standard InChI is InChI=1S/C15H8FN3O/c16-12-5-3-7-14(11(12)8-17)20-15-10-4-1-2-6-13(10)18-9-19-15/h1-7,9H. The smallest absolute Gasteiger partial charge is 0.230 e. The molecule has 1 aromatic heterocycles. The first-order chi connectivity index (χ1) is 9.79. The van der Waals surface area contributed by atoms with E-state index in [2.05, 4.69) is 9.97 Å². The Bertz CT molecular complexity index is 821. The highest BCUT2D eigenvalue weighted by molar-refractivity contribution is 5.83. The molecular formula is C15H8FN3O. The molecule has 1 heterocycles. The van der Waals surface area contributed by atoms with Crippen molar-refractivity contribution in [2.75, 3.05) is 0 Å². The lowest BCUT2D eigenvalue weighted by Gasteiger charge is -2.08. The molecule has 3 rings (SSSR count). The van der Waals surface area contributed by atoms with Gasteiger partial charge in [0.15, 0.2) is 0 Å². The summed E-state index contributed by atoms with van der Waals surface area (Å²) in [6, 6.07) is 13.3. The third-order valence-corrected chi connectivity index (χ3v) is 2.80. The molecule has 0 spiro atoms. The number of rotatable bonds is 2. The molecule has 3 aromatic rings. The lowest BCUT2D eigenvalue weighted by atomic mass is 10.2. The average molecular weight is 265 g/mol. The fourth-order valence-corrected chi connectivity index (χ4v) is 1.86. The summed E-state index contributed by atoms with van der Waals surface area (Å²) in [5.74, 6) is -0.197. The predicted octanol–water partition coefficient (Wildman–Crippen LogP) is 3.43. The van der Waals surface area contributed by atoms with Gasteiger partial charge in [0.1, 0.15) is 29.5 Å². The van der Waals surface area contributed by atoms with Crippen LogP contribution in [0, 0.1) is 17.1 Å². The Hall–Kier alpha value is -3.00. The Morgan fingerprint density at radius 1 is 1.05 bits per heavy atom. The highest BCUT2D eigenvalue weighted by atomic mass is 19.1. The van der Waals surface area contributed by atoms with Gasteiger partial charge in [-0.3, -0.25) is 0 Å². The van der Waals surface area contributed by atoms with E-state index in [9.17, 15) is 4.39 Å². The Balaban J connectivity index is 2.11. The number of hydrogen-bond acceptors (Lipinski definition) is 4. The Labute approximate surface area is 114 Å². The van der Waals surface area contributed by atoms with Gasteiger partial charge < -0.3 is 4.74 Å². The SMILES string of the molecule is N#Cc1c(F)cccc1Oc1ncnc2ccccc12. The van der Waals surface area contributed by atoms with Crippen LogP contribution in [0.2, 0.25) is 0 Å². The van der Waals surface area contributed by atoms with Gasteiger partial charge in [-0.1, -0.05) is 18.2 Å². The van der Waals surface area contributed by atoms with Gasteiger partial charge in [0.2, 0.25) is 5.88 Å². The number of benzene rings is 2. The average Bonchev–Trinajstić information content (AvgIpc) is 2.48. The van der Waals surface area contributed by atoms with E-state index < -0.39 is 5.82 Å². The second-order valence-corrected chi connectivity index (χ2v) is 4.02. The van der Waals surface area contributed by atoms with Crippen molar-refractivity contribution < 1.29 is 9.13 Å². The minimum Gasteiger partial charge on any atom is -0.437 e. The van der Waals surface area contributed by atoms with Gasteiger partial charge >= 0.3 is 0 Å². The summed E-state index contributed by atoms with van der Waals surface area (Å²) in [5.41, 5.74) is 0.572. The zero-order valence-electron chi connectivity index (χ0n) is 10.2. The largest absolute Gasteiger partial charge is 0.437 e. The van der Waals surface area contributed by atoms with E-state index in [1.165, 1.54) is 24.5 Å². The van der Waals surface area contributed by atoms with Gasteiger partial charge in [-0.05, 0) is 24.3 Å². The molecule has 0 bridgehead atoms. The number of fused-ring (bicyclic) bond motifs is 1. The zero-order valence-corrected chi connectivity index (χ0v) is 10.2. The number of halogens is 1. The van der Waals surface area contributed by atoms with Crippen molar-refractivity contribution in [2.24, 2.45) is 0 Å². The normalized spacial score (nSPS) is 10.2. The quantitative estimate of drug-likeness (QED) is 0.712. The topological polar surface area (TPSA) is 58.8 Å².